The lowest BCUT2D eigenvalue weighted by Gasteiger charge is -2.05. The van der Waals surface area contributed by atoms with E-state index in [0.717, 1.165) is 30.4 Å². The highest BCUT2D eigenvalue weighted by atomic mass is 19.1. The molecule has 0 aliphatic heterocycles. The monoisotopic (exact) mass is 344 g/mol. The first-order chi connectivity index (χ1) is 12.7. The third kappa shape index (κ3) is 6.22. The topological polar surface area (TPSA) is 0 Å². The second-order valence-corrected chi connectivity index (χ2v) is 6.04. The standard InChI is InChI=1S/C25H25F/c1-3-5-12-21-13-9-10-14-22(20-19-21)15-11-18-24(25(26)4-2)23-16-7-6-8-17-23/h3-4,6-8,11,15-20H,1,5,12-14H2,2H3/b15-11+,21-19-,22-20+,24-18-,25-4+. The zero-order valence-corrected chi connectivity index (χ0v) is 15.3. The van der Waals surface area contributed by atoms with Crippen LogP contribution in [0.3, 0.4) is 0 Å². The summed E-state index contributed by atoms with van der Waals surface area (Å²) in [4.78, 5) is 0. The minimum absolute atomic E-state index is 0.223. The van der Waals surface area contributed by atoms with Crippen LogP contribution in [0.2, 0.25) is 0 Å². The molecule has 1 heteroatoms. The lowest BCUT2D eigenvalue weighted by atomic mass is 10.0. The molecule has 0 nitrogen and oxygen atoms in total. The van der Waals surface area contributed by atoms with Crippen LogP contribution in [0.5, 0.6) is 0 Å². The molecule has 0 unspecified atom stereocenters. The first-order valence-corrected chi connectivity index (χ1v) is 8.95. The van der Waals surface area contributed by atoms with Gasteiger partial charge in [0.2, 0.25) is 0 Å². The van der Waals surface area contributed by atoms with Gasteiger partial charge in [-0.3, -0.25) is 0 Å². The Morgan fingerprint density at radius 1 is 1.15 bits per heavy atom. The SMILES string of the molecule is C=CCC/C1=C/C=C(/C=C/C=C(\C(F)=C/C)c2ccccc2)CC#CC1. The third-order valence-electron chi connectivity index (χ3n) is 4.10. The predicted octanol–water partition coefficient (Wildman–Crippen LogP) is 7.12. The predicted molar refractivity (Wildman–Crippen MR) is 111 cm³/mol. The largest absolute Gasteiger partial charge is 0.207 e. The van der Waals surface area contributed by atoms with E-state index < -0.39 is 0 Å². The maximum atomic E-state index is 14.2. The molecule has 0 N–H and O–H groups in total. The highest BCUT2D eigenvalue weighted by molar-refractivity contribution is 5.78. The Morgan fingerprint density at radius 2 is 1.92 bits per heavy atom. The van der Waals surface area contributed by atoms with Gasteiger partial charge in [0.1, 0.15) is 5.83 Å². The van der Waals surface area contributed by atoms with Gasteiger partial charge in [0.25, 0.3) is 0 Å². The van der Waals surface area contributed by atoms with Crippen molar-refractivity contribution >= 4 is 5.57 Å². The summed E-state index contributed by atoms with van der Waals surface area (Å²) in [5.41, 5.74) is 3.90. The van der Waals surface area contributed by atoms with E-state index in [1.807, 2.05) is 54.6 Å². The summed E-state index contributed by atoms with van der Waals surface area (Å²) < 4.78 is 14.2. The van der Waals surface area contributed by atoms with Crippen molar-refractivity contribution in [1.82, 2.24) is 0 Å². The molecule has 1 aromatic rings. The first kappa shape index (κ1) is 19.5. The van der Waals surface area contributed by atoms with Crippen molar-refractivity contribution in [2.24, 2.45) is 0 Å². The van der Waals surface area contributed by atoms with Crippen LogP contribution in [0.25, 0.3) is 5.57 Å². The molecule has 0 fully saturated rings. The number of hydrogen-bond acceptors (Lipinski definition) is 0. The third-order valence-corrected chi connectivity index (χ3v) is 4.10. The van der Waals surface area contributed by atoms with E-state index in [9.17, 15) is 4.39 Å². The van der Waals surface area contributed by atoms with Crippen LogP contribution >= 0.6 is 0 Å². The quantitative estimate of drug-likeness (QED) is 0.281. The minimum Gasteiger partial charge on any atom is -0.207 e. The van der Waals surface area contributed by atoms with Crippen LogP contribution in [-0.4, -0.2) is 0 Å². The van der Waals surface area contributed by atoms with Gasteiger partial charge in [-0.15, -0.1) is 6.58 Å². The van der Waals surface area contributed by atoms with Crippen LogP contribution in [0.15, 0.2) is 96.4 Å². The van der Waals surface area contributed by atoms with Gasteiger partial charge >= 0.3 is 0 Å². The Kier molecular flexibility index (Phi) is 8.16. The van der Waals surface area contributed by atoms with Crippen molar-refractivity contribution in [3.8, 4) is 11.8 Å². The molecule has 0 saturated carbocycles. The Hall–Kier alpha value is -2.85. The van der Waals surface area contributed by atoms with Crippen LogP contribution in [0, 0.1) is 11.8 Å². The zero-order chi connectivity index (χ0) is 18.6. The Morgan fingerprint density at radius 3 is 2.65 bits per heavy atom. The van der Waals surface area contributed by atoms with Crippen LogP contribution in [0.1, 0.15) is 38.2 Å². The molecule has 0 saturated heterocycles. The number of rotatable bonds is 7. The van der Waals surface area contributed by atoms with Crippen molar-refractivity contribution < 1.29 is 4.39 Å². The fourth-order valence-electron chi connectivity index (χ4n) is 2.61. The molecule has 0 bridgehead atoms. The molecular weight excluding hydrogens is 319 g/mol. The van der Waals surface area contributed by atoms with Gasteiger partial charge in [-0.2, -0.15) is 0 Å². The average Bonchev–Trinajstić information content (AvgIpc) is 2.66. The molecule has 1 aromatic carbocycles. The second kappa shape index (κ2) is 10.9. The molecule has 0 heterocycles. The van der Waals surface area contributed by atoms with E-state index in [4.69, 9.17) is 0 Å². The van der Waals surface area contributed by atoms with Gasteiger partial charge in [-0.25, -0.2) is 4.39 Å². The second-order valence-electron chi connectivity index (χ2n) is 6.04. The van der Waals surface area contributed by atoms with Crippen LogP contribution in [-0.2, 0) is 0 Å². The van der Waals surface area contributed by atoms with Gasteiger partial charge in [0, 0.05) is 18.4 Å². The maximum absolute atomic E-state index is 14.2. The molecule has 0 radical (unpaired) electrons. The van der Waals surface area contributed by atoms with E-state index in [1.165, 1.54) is 11.6 Å². The summed E-state index contributed by atoms with van der Waals surface area (Å²) in [6.07, 6.45) is 16.9. The maximum Gasteiger partial charge on any atom is 0.126 e. The van der Waals surface area contributed by atoms with E-state index >= 15 is 0 Å². The van der Waals surface area contributed by atoms with Crippen molar-refractivity contribution in [3.05, 3.63) is 102 Å². The Balaban J connectivity index is 2.21. The summed E-state index contributed by atoms with van der Waals surface area (Å²) >= 11 is 0. The molecule has 0 spiro atoms. The van der Waals surface area contributed by atoms with Crippen molar-refractivity contribution in [2.45, 2.75) is 32.6 Å². The molecule has 0 aromatic heterocycles. The fourth-order valence-corrected chi connectivity index (χ4v) is 2.61. The molecule has 132 valence electrons. The molecule has 0 amide bonds. The summed E-state index contributed by atoms with van der Waals surface area (Å²) in [5, 5.41) is 0. The lowest BCUT2D eigenvalue weighted by molar-refractivity contribution is 0.672. The smallest absolute Gasteiger partial charge is 0.126 e. The van der Waals surface area contributed by atoms with Gasteiger partial charge < -0.3 is 0 Å². The van der Waals surface area contributed by atoms with Gasteiger partial charge in [-0.05, 0) is 30.9 Å². The van der Waals surface area contributed by atoms with E-state index in [2.05, 4.69) is 30.6 Å². The Bertz CT molecular complexity index is 818. The summed E-state index contributed by atoms with van der Waals surface area (Å²) in [7, 11) is 0. The summed E-state index contributed by atoms with van der Waals surface area (Å²) in [5.74, 6) is 6.20. The van der Waals surface area contributed by atoms with Gasteiger partial charge in [0.15, 0.2) is 0 Å². The summed E-state index contributed by atoms with van der Waals surface area (Å²) in [6.45, 7) is 5.48. The zero-order valence-electron chi connectivity index (χ0n) is 15.3. The summed E-state index contributed by atoms with van der Waals surface area (Å²) in [6, 6.07) is 9.59. The molecule has 1 aliphatic rings. The van der Waals surface area contributed by atoms with E-state index in [1.54, 1.807) is 6.92 Å². The van der Waals surface area contributed by atoms with Crippen molar-refractivity contribution in [3.63, 3.8) is 0 Å². The van der Waals surface area contributed by atoms with E-state index in [-0.39, 0.29) is 5.83 Å². The highest BCUT2D eigenvalue weighted by Gasteiger charge is 2.05. The number of hydrogen-bond donors (Lipinski definition) is 0. The number of benzene rings is 1. The molecule has 26 heavy (non-hydrogen) atoms. The van der Waals surface area contributed by atoms with Crippen molar-refractivity contribution in [1.29, 1.82) is 0 Å². The van der Waals surface area contributed by atoms with Crippen LogP contribution in [0.4, 0.5) is 4.39 Å². The van der Waals surface area contributed by atoms with Crippen molar-refractivity contribution in [2.75, 3.05) is 0 Å². The molecule has 1 aliphatic carbocycles. The van der Waals surface area contributed by atoms with Gasteiger partial charge in [0.05, 0.1) is 0 Å². The average molecular weight is 344 g/mol. The first-order valence-electron chi connectivity index (χ1n) is 8.95. The molecule has 0 atom stereocenters. The minimum atomic E-state index is -0.223. The van der Waals surface area contributed by atoms with E-state index in [0.29, 0.717) is 12.0 Å². The molecule has 2 rings (SSSR count). The van der Waals surface area contributed by atoms with Gasteiger partial charge in [-0.1, -0.05) is 90.3 Å². The number of halogens is 1. The fraction of sp³-hybridized carbons (Fsp3) is 0.200. The normalized spacial score (nSPS) is 19.5. The Labute approximate surface area is 156 Å². The lowest BCUT2D eigenvalue weighted by Crippen LogP contribution is -1.86. The molecular formula is C25H25F. The number of allylic oxidation sites excluding steroid dienone is 11. The highest BCUT2D eigenvalue weighted by Crippen LogP contribution is 2.24. The van der Waals surface area contributed by atoms with Crippen LogP contribution < -0.4 is 0 Å².